The zero-order valence-electron chi connectivity index (χ0n) is 7.93. The van der Waals surface area contributed by atoms with Gasteiger partial charge < -0.3 is 5.32 Å². The largest absolute Gasteiger partial charge is 0.344 e. The van der Waals surface area contributed by atoms with Crippen LogP contribution in [0, 0.1) is 6.92 Å². The number of nitrogens with zero attached hydrogens (tertiary/aromatic N) is 1. The maximum Gasteiger partial charge on any atom is 0.270 e. The Morgan fingerprint density at radius 3 is 2.93 bits per heavy atom. The van der Waals surface area contributed by atoms with Gasteiger partial charge in [-0.25, -0.2) is 0 Å². The summed E-state index contributed by atoms with van der Waals surface area (Å²) >= 11 is 5.76. The summed E-state index contributed by atoms with van der Waals surface area (Å²) in [6.07, 6.45) is 3.57. The molecule has 0 radical (unpaired) electrons. The first-order chi connectivity index (χ1) is 6.67. The Morgan fingerprint density at radius 2 is 2.50 bits per heavy atom. The van der Waals surface area contributed by atoms with Gasteiger partial charge >= 0.3 is 0 Å². The number of aryl methyl sites for hydroxylation is 1. The first kappa shape index (κ1) is 9.52. The Morgan fingerprint density at radius 1 is 1.79 bits per heavy atom. The lowest BCUT2D eigenvalue weighted by atomic mass is 10.2. The second-order valence-electron chi connectivity index (χ2n) is 3.80. The molecule has 14 heavy (non-hydrogen) atoms. The van der Waals surface area contributed by atoms with E-state index in [2.05, 4.69) is 15.5 Å². The summed E-state index contributed by atoms with van der Waals surface area (Å²) < 4.78 is 0. The van der Waals surface area contributed by atoms with Gasteiger partial charge in [0, 0.05) is 5.88 Å². The average Bonchev–Trinajstić information content (AvgIpc) is 2.80. The molecule has 4 nitrogen and oxygen atoms in total. The molecule has 0 saturated heterocycles. The van der Waals surface area contributed by atoms with Gasteiger partial charge in [0.25, 0.3) is 5.91 Å². The average molecular weight is 214 g/mol. The number of nitrogens with one attached hydrogen (secondary N) is 2. The summed E-state index contributed by atoms with van der Waals surface area (Å²) in [5.41, 5.74) is 1.23. The summed E-state index contributed by atoms with van der Waals surface area (Å²) in [6.45, 7) is 1.85. The van der Waals surface area contributed by atoms with Crippen molar-refractivity contribution in [1.82, 2.24) is 15.5 Å². The monoisotopic (exact) mass is 213 g/mol. The van der Waals surface area contributed by atoms with Crippen LogP contribution in [0.2, 0.25) is 0 Å². The van der Waals surface area contributed by atoms with E-state index in [1.807, 2.05) is 6.92 Å². The number of amides is 1. The van der Waals surface area contributed by atoms with Crippen molar-refractivity contribution in [2.75, 3.05) is 5.88 Å². The lowest BCUT2D eigenvalue weighted by Crippen LogP contribution is -2.38. The van der Waals surface area contributed by atoms with Crippen LogP contribution in [-0.4, -0.2) is 27.5 Å². The van der Waals surface area contributed by atoms with Gasteiger partial charge in [0.05, 0.1) is 11.7 Å². The summed E-state index contributed by atoms with van der Waals surface area (Å²) in [5, 5.41) is 9.39. The van der Waals surface area contributed by atoms with Gasteiger partial charge in [-0.2, -0.15) is 5.10 Å². The van der Waals surface area contributed by atoms with E-state index in [0.29, 0.717) is 11.6 Å². The SMILES string of the molecule is Cc1cn[nH]c1C(=O)NC1(CCl)CC1. The Balaban J connectivity index is 2.07. The number of rotatable bonds is 3. The fourth-order valence-electron chi connectivity index (χ4n) is 1.32. The van der Waals surface area contributed by atoms with Crippen molar-refractivity contribution >= 4 is 17.5 Å². The zero-order chi connectivity index (χ0) is 10.2. The first-order valence-electron chi connectivity index (χ1n) is 4.55. The van der Waals surface area contributed by atoms with Gasteiger partial charge in [-0.15, -0.1) is 11.6 Å². The quantitative estimate of drug-likeness (QED) is 0.742. The molecule has 0 unspecified atom stereocenters. The van der Waals surface area contributed by atoms with Crippen molar-refractivity contribution in [2.24, 2.45) is 0 Å². The highest BCUT2D eigenvalue weighted by atomic mass is 35.5. The molecule has 1 aliphatic rings. The highest BCUT2D eigenvalue weighted by molar-refractivity contribution is 6.19. The van der Waals surface area contributed by atoms with E-state index >= 15 is 0 Å². The molecule has 1 aromatic rings. The van der Waals surface area contributed by atoms with Crippen LogP contribution >= 0.6 is 11.6 Å². The lowest BCUT2D eigenvalue weighted by Gasteiger charge is -2.13. The fourth-order valence-corrected chi connectivity index (χ4v) is 1.66. The third-order valence-electron chi connectivity index (χ3n) is 2.54. The van der Waals surface area contributed by atoms with E-state index in [0.717, 1.165) is 18.4 Å². The van der Waals surface area contributed by atoms with Crippen LogP contribution < -0.4 is 5.32 Å². The molecule has 1 amide bonds. The zero-order valence-corrected chi connectivity index (χ0v) is 8.69. The Hall–Kier alpha value is -1.03. The number of aromatic nitrogens is 2. The van der Waals surface area contributed by atoms with Crippen molar-refractivity contribution in [3.63, 3.8) is 0 Å². The van der Waals surface area contributed by atoms with Crippen molar-refractivity contribution in [2.45, 2.75) is 25.3 Å². The first-order valence-corrected chi connectivity index (χ1v) is 5.09. The van der Waals surface area contributed by atoms with Crippen LogP contribution in [0.25, 0.3) is 0 Å². The van der Waals surface area contributed by atoms with Gasteiger partial charge in [0.15, 0.2) is 0 Å². The Bertz CT molecular complexity index is 357. The molecule has 0 spiro atoms. The van der Waals surface area contributed by atoms with Gasteiger partial charge in [0.2, 0.25) is 0 Å². The fraction of sp³-hybridized carbons (Fsp3) is 0.556. The van der Waals surface area contributed by atoms with Crippen molar-refractivity contribution in [3.05, 3.63) is 17.5 Å². The number of alkyl halides is 1. The summed E-state index contributed by atoms with van der Waals surface area (Å²) in [4.78, 5) is 11.7. The number of H-pyrrole nitrogens is 1. The van der Waals surface area contributed by atoms with Gasteiger partial charge in [0.1, 0.15) is 5.69 Å². The van der Waals surface area contributed by atoms with E-state index in [-0.39, 0.29) is 11.4 Å². The Labute approximate surface area is 87.0 Å². The standard InChI is InChI=1S/C9H12ClN3O/c1-6-4-11-13-7(6)8(14)12-9(5-10)2-3-9/h4H,2-3,5H2,1H3,(H,11,13)(H,12,14). The van der Waals surface area contributed by atoms with Crippen molar-refractivity contribution in [3.8, 4) is 0 Å². The van der Waals surface area contributed by atoms with E-state index in [4.69, 9.17) is 11.6 Å². The number of hydrogen-bond donors (Lipinski definition) is 2. The molecule has 1 heterocycles. The molecule has 5 heteroatoms. The summed E-state index contributed by atoms with van der Waals surface area (Å²) in [5.74, 6) is 0.365. The number of carbonyl (C=O) groups is 1. The van der Waals surface area contributed by atoms with Crippen molar-refractivity contribution < 1.29 is 4.79 Å². The number of hydrogen-bond acceptors (Lipinski definition) is 2. The molecule has 1 aliphatic carbocycles. The molecule has 1 aromatic heterocycles. The van der Waals surface area contributed by atoms with E-state index < -0.39 is 0 Å². The van der Waals surface area contributed by atoms with Crippen LogP contribution in [0.4, 0.5) is 0 Å². The molecule has 76 valence electrons. The van der Waals surface area contributed by atoms with E-state index in [9.17, 15) is 4.79 Å². The normalized spacial score (nSPS) is 17.9. The highest BCUT2D eigenvalue weighted by Gasteiger charge is 2.43. The number of carbonyl (C=O) groups excluding carboxylic acids is 1. The second kappa shape index (κ2) is 3.28. The molecule has 1 saturated carbocycles. The van der Waals surface area contributed by atoms with Gasteiger partial charge in [-0.3, -0.25) is 9.89 Å². The minimum Gasteiger partial charge on any atom is -0.344 e. The van der Waals surface area contributed by atoms with Gasteiger partial charge in [-0.05, 0) is 25.3 Å². The van der Waals surface area contributed by atoms with Crippen molar-refractivity contribution in [1.29, 1.82) is 0 Å². The molecule has 0 aliphatic heterocycles. The van der Waals surface area contributed by atoms with Crippen LogP contribution in [0.3, 0.4) is 0 Å². The molecule has 2 N–H and O–H groups in total. The van der Waals surface area contributed by atoms with Crippen LogP contribution in [0.5, 0.6) is 0 Å². The minimum atomic E-state index is -0.157. The molecule has 1 fully saturated rings. The number of halogens is 1. The smallest absolute Gasteiger partial charge is 0.270 e. The molecular formula is C9H12ClN3O. The molecule has 0 aromatic carbocycles. The molecule has 0 bridgehead atoms. The van der Waals surface area contributed by atoms with Crippen LogP contribution in [-0.2, 0) is 0 Å². The maximum atomic E-state index is 11.7. The molecule has 0 atom stereocenters. The maximum absolute atomic E-state index is 11.7. The molecule has 2 rings (SSSR count). The van der Waals surface area contributed by atoms with Gasteiger partial charge in [-0.1, -0.05) is 0 Å². The van der Waals surface area contributed by atoms with E-state index in [1.165, 1.54) is 0 Å². The third-order valence-corrected chi connectivity index (χ3v) is 3.06. The number of aromatic amines is 1. The highest BCUT2D eigenvalue weighted by Crippen LogP contribution is 2.36. The lowest BCUT2D eigenvalue weighted by molar-refractivity contribution is 0.0930. The third kappa shape index (κ3) is 1.62. The van der Waals surface area contributed by atoms with Crippen LogP contribution in [0.15, 0.2) is 6.20 Å². The predicted octanol–water partition coefficient (Wildman–Crippen LogP) is 1.22. The van der Waals surface area contributed by atoms with Crippen LogP contribution in [0.1, 0.15) is 28.9 Å². The Kier molecular flexibility index (Phi) is 2.23. The molecular weight excluding hydrogens is 202 g/mol. The summed E-state index contributed by atoms with van der Waals surface area (Å²) in [7, 11) is 0. The second-order valence-corrected chi connectivity index (χ2v) is 4.06. The minimum absolute atomic E-state index is 0.113. The topological polar surface area (TPSA) is 57.8 Å². The summed E-state index contributed by atoms with van der Waals surface area (Å²) in [6, 6.07) is 0. The predicted molar refractivity (Wildman–Crippen MR) is 53.5 cm³/mol. The van der Waals surface area contributed by atoms with E-state index in [1.54, 1.807) is 6.20 Å².